The lowest BCUT2D eigenvalue weighted by atomic mass is 9.70. The molecule has 0 N–H and O–H groups in total. The van der Waals surface area contributed by atoms with Gasteiger partial charge in [-0.2, -0.15) is 0 Å². The molecule has 0 aromatic carbocycles. The average Bonchev–Trinajstić information content (AvgIpc) is 2.75. The van der Waals surface area contributed by atoms with Crippen molar-refractivity contribution in [3.05, 3.63) is 0 Å². The summed E-state index contributed by atoms with van der Waals surface area (Å²) in [5.41, 5.74) is 0.840. The van der Waals surface area contributed by atoms with E-state index in [0.29, 0.717) is 0 Å². The van der Waals surface area contributed by atoms with Crippen LogP contribution in [0.5, 0.6) is 0 Å². The van der Waals surface area contributed by atoms with E-state index in [4.69, 9.17) is 0 Å². The van der Waals surface area contributed by atoms with Gasteiger partial charge in [0.2, 0.25) is 0 Å². The quantitative estimate of drug-likeness (QED) is 0.598. The monoisotopic (exact) mass is 206 g/mol. The number of fused-ring (bicyclic) bond motifs is 1. The fourth-order valence-electron chi connectivity index (χ4n) is 5.60. The second-order valence-electron chi connectivity index (χ2n) is 7.07. The molecule has 0 aromatic heterocycles. The molecule has 0 aliphatic heterocycles. The highest BCUT2D eigenvalue weighted by molar-refractivity contribution is 5.21. The highest BCUT2D eigenvalue weighted by Crippen LogP contribution is 2.79. The van der Waals surface area contributed by atoms with E-state index in [1.54, 1.807) is 6.42 Å². The van der Waals surface area contributed by atoms with Crippen molar-refractivity contribution in [1.29, 1.82) is 0 Å². The number of rotatable bonds is 1. The summed E-state index contributed by atoms with van der Waals surface area (Å²) in [6.45, 7) is 9.96. The predicted molar refractivity (Wildman–Crippen MR) is 64.5 cm³/mol. The molecule has 0 saturated heterocycles. The fourth-order valence-corrected chi connectivity index (χ4v) is 5.60. The van der Waals surface area contributed by atoms with Gasteiger partial charge in [-0.3, -0.25) is 0 Å². The Morgan fingerprint density at radius 3 is 2.40 bits per heavy atom. The molecule has 0 heteroatoms. The van der Waals surface area contributed by atoms with E-state index in [-0.39, 0.29) is 0 Å². The van der Waals surface area contributed by atoms with Crippen molar-refractivity contribution in [2.45, 2.75) is 53.4 Å². The third-order valence-electron chi connectivity index (χ3n) is 6.33. The van der Waals surface area contributed by atoms with Crippen LogP contribution >= 0.6 is 0 Å². The molecule has 3 saturated carbocycles. The van der Waals surface area contributed by atoms with E-state index in [1.807, 2.05) is 0 Å². The second kappa shape index (κ2) is 3.02. The maximum Gasteiger partial charge on any atom is -0.0204 e. The molecule has 0 nitrogen and oxygen atoms in total. The van der Waals surface area contributed by atoms with Crippen LogP contribution in [0.1, 0.15) is 53.4 Å². The molecule has 15 heavy (non-hydrogen) atoms. The van der Waals surface area contributed by atoms with Gasteiger partial charge in [-0.15, -0.1) is 0 Å². The summed E-state index contributed by atoms with van der Waals surface area (Å²) in [5.74, 6) is 6.32. The first-order chi connectivity index (χ1) is 7.09. The molecule has 3 aliphatic carbocycles. The SMILES string of the molecule is CC(C)C1CCC(C)C23CCC(C)C2C13. The second-order valence-corrected chi connectivity index (χ2v) is 7.07. The molecule has 0 amide bonds. The Balaban J connectivity index is 1.88. The molecule has 0 radical (unpaired) electrons. The van der Waals surface area contributed by atoms with Gasteiger partial charge in [0.05, 0.1) is 0 Å². The first-order valence-corrected chi connectivity index (χ1v) is 7.09. The zero-order chi connectivity index (χ0) is 10.8. The zero-order valence-electron chi connectivity index (χ0n) is 10.8. The van der Waals surface area contributed by atoms with Crippen LogP contribution in [-0.4, -0.2) is 0 Å². The molecular weight excluding hydrogens is 180 g/mol. The van der Waals surface area contributed by atoms with Crippen LogP contribution in [0.2, 0.25) is 0 Å². The van der Waals surface area contributed by atoms with E-state index >= 15 is 0 Å². The van der Waals surface area contributed by atoms with Gasteiger partial charge >= 0.3 is 0 Å². The predicted octanol–water partition coefficient (Wildman–Crippen LogP) is 4.35. The van der Waals surface area contributed by atoms with Crippen molar-refractivity contribution in [2.75, 3.05) is 0 Å². The van der Waals surface area contributed by atoms with Gasteiger partial charge in [0.25, 0.3) is 0 Å². The van der Waals surface area contributed by atoms with E-state index in [9.17, 15) is 0 Å². The third kappa shape index (κ3) is 1.09. The summed E-state index contributed by atoms with van der Waals surface area (Å²) in [6.07, 6.45) is 6.13. The minimum Gasteiger partial charge on any atom is -0.0625 e. The Labute approximate surface area is 94.8 Å². The van der Waals surface area contributed by atoms with Crippen molar-refractivity contribution in [3.8, 4) is 0 Å². The average molecular weight is 206 g/mol. The van der Waals surface area contributed by atoms with Crippen LogP contribution in [0.3, 0.4) is 0 Å². The van der Waals surface area contributed by atoms with E-state index in [0.717, 1.165) is 40.9 Å². The highest BCUT2D eigenvalue weighted by atomic mass is 14.8. The van der Waals surface area contributed by atoms with Crippen LogP contribution in [0.4, 0.5) is 0 Å². The maximum absolute atomic E-state index is 2.54. The van der Waals surface area contributed by atoms with Gasteiger partial charge in [0.1, 0.15) is 0 Å². The molecule has 6 atom stereocenters. The van der Waals surface area contributed by atoms with Gasteiger partial charge in [-0.05, 0) is 66.6 Å². The summed E-state index contributed by atoms with van der Waals surface area (Å²) in [5, 5.41) is 0. The van der Waals surface area contributed by atoms with Crippen molar-refractivity contribution < 1.29 is 0 Å². The molecule has 0 bridgehead atoms. The van der Waals surface area contributed by atoms with Gasteiger partial charge in [-0.25, -0.2) is 0 Å². The zero-order valence-corrected chi connectivity index (χ0v) is 10.8. The van der Waals surface area contributed by atoms with Crippen molar-refractivity contribution in [1.82, 2.24) is 0 Å². The van der Waals surface area contributed by atoms with Crippen molar-refractivity contribution in [3.63, 3.8) is 0 Å². The molecule has 3 aliphatic rings. The van der Waals surface area contributed by atoms with Crippen LogP contribution in [0.25, 0.3) is 0 Å². The Kier molecular flexibility index (Phi) is 2.05. The molecule has 0 heterocycles. The summed E-state index contributed by atoms with van der Waals surface area (Å²) in [6, 6.07) is 0. The molecule has 1 spiro atoms. The maximum atomic E-state index is 2.54. The summed E-state index contributed by atoms with van der Waals surface area (Å²) in [4.78, 5) is 0. The topological polar surface area (TPSA) is 0 Å². The summed E-state index contributed by atoms with van der Waals surface area (Å²) >= 11 is 0. The summed E-state index contributed by atoms with van der Waals surface area (Å²) in [7, 11) is 0. The fraction of sp³-hybridized carbons (Fsp3) is 1.00. The lowest BCUT2D eigenvalue weighted by molar-refractivity contribution is 0.139. The van der Waals surface area contributed by atoms with E-state index in [1.165, 1.54) is 19.3 Å². The molecule has 3 rings (SSSR count). The number of hydrogen-bond acceptors (Lipinski definition) is 0. The molecule has 86 valence electrons. The van der Waals surface area contributed by atoms with Gasteiger partial charge in [-0.1, -0.05) is 27.7 Å². The lowest BCUT2D eigenvalue weighted by Crippen LogP contribution is -2.27. The van der Waals surface area contributed by atoms with Crippen LogP contribution in [0, 0.1) is 40.9 Å². The Morgan fingerprint density at radius 2 is 1.73 bits per heavy atom. The van der Waals surface area contributed by atoms with Crippen molar-refractivity contribution in [2.24, 2.45) is 40.9 Å². The number of hydrogen-bond donors (Lipinski definition) is 0. The van der Waals surface area contributed by atoms with Gasteiger partial charge < -0.3 is 0 Å². The van der Waals surface area contributed by atoms with E-state index < -0.39 is 0 Å². The molecular formula is C15H26. The Morgan fingerprint density at radius 1 is 1.00 bits per heavy atom. The van der Waals surface area contributed by atoms with Crippen molar-refractivity contribution >= 4 is 0 Å². The largest absolute Gasteiger partial charge is 0.0625 e. The van der Waals surface area contributed by atoms with Crippen LogP contribution in [-0.2, 0) is 0 Å². The van der Waals surface area contributed by atoms with E-state index in [2.05, 4.69) is 27.7 Å². The van der Waals surface area contributed by atoms with Gasteiger partial charge in [0, 0.05) is 0 Å². The third-order valence-corrected chi connectivity index (χ3v) is 6.33. The molecule has 6 unspecified atom stereocenters. The Hall–Kier alpha value is 0. The van der Waals surface area contributed by atoms with Crippen LogP contribution < -0.4 is 0 Å². The molecule has 0 aromatic rings. The van der Waals surface area contributed by atoms with Gasteiger partial charge in [0.15, 0.2) is 0 Å². The smallest absolute Gasteiger partial charge is 0.0204 e. The minimum absolute atomic E-state index is 0.840. The first-order valence-electron chi connectivity index (χ1n) is 7.09. The first kappa shape index (κ1) is 10.2. The minimum atomic E-state index is 0.840. The molecule has 3 fully saturated rings. The van der Waals surface area contributed by atoms with Crippen LogP contribution in [0.15, 0.2) is 0 Å². The standard InChI is InChI=1S/C15H26/c1-9(2)12-6-5-11(4)15-8-7-10(3)13(15)14(12)15/h9-14H,5-8H2,1-4H3. The Bertz CT molecular complexity index is 267. The highest BCUT2D eigenvalue weighted by Gasteiger charge is 2.73. The lowest BCUT2D eigenvalue weighted by Gasteiger charge is -2.35. The summed E-state index contributed by atoms with van der Waals surface area (Å²) < 4.78 is 0. The normalized spacial score (nSPS) is 57.8.